The number of nitrogens with zero attached hydrogens (tertiary/aromatic N) is 3. The number of hydrogen-bond acceptors (Lipinski definition) is 5. The van der Waals surface area contributed by atoms with E-state index in [1.165, 1.54) is 22.6 Å². The van der Waals surface area contributed by atoms with Gasteiger partial charge in [-0.05, 0) is 43.0 Å². The highest BCUT2D eigenvalue weighted by molar-refractivity contribution is 7.89. The van der Waals surface area contributed by atoms with Crippen LogP contribution in [0.25, 0.3) is 0 Å². The van der Waals surface area contributed by atoms with E-state index in [9.17, 15) is 18.0 Å². The Bertz CT molecular complexity index is 1140. The molecule has 8 nitrogen and oxygen atoms in total. The van der Waals surface area contributed by atoms with E-state index >= 15 is 0 Å². The molecule has 1 aliphatic heterocycles. The van der Waals surface area contributed by atoms with Crippen molar-refractivity contribution < 1.29 is 17.9 Å². The number of methoxy groups -OCH3 is 1. The molecular formula is C22H29N3O5S. The summed E-state index contributed by atoms with van der Waals surface area (Å²) in [5, 5.41) is 0. The zero-order valence-electron chi connectivity index (χ0n) is 18.4. The summed E-state index contributed by atoms with van der Waals surface area (Å²) in [6.45, 7) is 6.40. The number of aromatic nitrogens is 1. The monoisotopic (exact) mass is 447 g/mol. The van der Waals surface area contributed by atoms with Gasteiger partial charge < -0.3 is 14.2 Å². The van der Waals surface area contributed by atoms with Gasteiger partial charge in [0.1, 0.15) is 12.3 Å². The SMILES string of the molecule is CCN(CC)S(=O)(=O)c1ccc(=O)n(CC(=O)N2CCCc3c(C)ccc(OC)c32)c1. The number of benzene rings is 1. The number of fused-ring (bicyclic) bond motifs is 1. The van der Waals surface area contributed by atoms with Gasteiger partial charge in [-0.1, -0.05) is 19.9 Å². The van der Waals surface area contributed by atoms with Crippen LogP contribution >= 0.6 is 0 Å². The van der Waals surface area contributed by atoms with Gasteiger partial charge in [0.25, 0.3) is 5.56 Å². The summed E-state index contributed by atoms with van der Waals surface area (Å²) >= 11 is 0. The molecule has 2 aromatic rings. The fourth-order valence-electron chi connectivity index (χ4n) is 4.00. The summed E-state index contributed by atoms with van der Waals surface area (Å²) in [7, 11) is -2.17. The molecule has 1 amide bonds. The van der Waals surface area contributed by atoms with Crippen LogP contribution in [0.2, 0.25) is 0 Å². The molecule has 2 heterocycles. The fourth-order valence-corrected chi connectivity index (χ4v) is 5.47. The Balaban J connectivity index is 1.96. The first-order valence-corrected chi connectivity index (χ1v) is 11.9. The minimum atomic E-state index is -3.74. The summed E-state index contributed by atoms with van der Waals surface area (Å²) in [5.74, 6) is 0.322. The Kier molecular flexibility index (Phi) is 6.86. The maximum absolute atomic E-state index is 13.2. The van der Waals surface area contributed by atoms with E-state index in [2.05, 4.69) is 0 Å². The summed E-state index contributed by atoms with van der Waals surface area (Å²) in [6, 6.07) is 6.29. The molecule has 1 aromatic carbocycles. The van der Waals surface area contributed by atoms with Gasteiger partial charge in [-0.2, -0.15) is 4.31 Å². The topological polar surface area (TPSA) is 88.9 Å². The molecule has 0 saturated carbocycles. The maximum Gasteiger partial charge on any atom is 0.251 e. The third-order valence-corrected chi connectivity index (χ3v) is 7.72. The second-order valence-corrected chi connectivity index (χ2v) is 9.42. The molecule has 0 aliphatic carbocycles. The Hall–Kier alpha value is -2.65. The fraction of sp³-hybridized carbons (Fsp3) is 0.455. The highest BCUT2D eigenvalue weighted by Gasteiger charge is 2.28. The van der Waals surface area contributed by atoms with E-state index in [4.69, 9.17) is 4.74 Å². The maximum atomic E-state index is 13.2. The zero-order chi connectivity index (χ0) is 22.8. The number of carbonyl (C=O) groups excluding carboxylic acids is 1. The molecule has 0 N–H and O–H groups in total. The Morgan fingerprint density at radius 3 is 2.52 bits per heavy atom. The molecule has 0 unspecified atom stereocenters. The van der Waals surface area contributed by atoms with Gasteiger partial charge in [-0.15, -0.1) is 0 Å². The van der Waals surface area contributed by atoms with E-state index in [1.54, 1.807) is 25.9 Å². The smallest absolute Gasteiger partial charge is 0.251 e. The number of rotatable bonds is 7. The van der Waals surface area contributed by atoms with Crippen molar-refractivity contribution in [1.29, 1.82) is 0 Å². The normalized spacial score (nSPS) is 13.9. The molecule has 9 heteroatoms. The molecule has 0 fully saturated rings. The molecule has 31 heavy (non-hydrogen) atoms. The highest BCUT2D eigenvalue weighted by Crippen LogP contribution is 2.38. The minimum Gasteiger partial charge on any atom is -0.495 e. The third kappa shape index (κ3) is 4.38. The second-order valence-electron chi connectivity index (χ2n) is 7.48. The van der Waals surface area contributed by atoms with E-state index in [1.807, 2.05) is 19.1 Å². The van der Waals surface area contributed by atoms with E-state index in [0.29, 0.717) is 25.4 Å². The average molecular weight is 448 g/mol. The standard InChI is InChI=1S/C22H29N3O5S/c1-5-24(6-2)31(28,29)17-10-12-20(26)23(14-17)15-21(27)25-13-7-8-18-16(3)9-11-19(30-4)22(18)25/h9-12,14H,5-8,13,15H2,1-4H3. The van der Waals surface area contributed by atoms with Gasteiger partial charge in [0.05, 0.1) is 17.7 Å². The lowest BCUT2D eigenvalue weighted by molar-refractivity contribution is -0.119. The lowest BCUT2D eigenvalue weighted by Crippen LogP contribution is -2.40. The first kappa shape index (κ1) is 23.0. The number of hydrogen-bond donors (Lipinski definition) is 0. The van der Waals surface area contributed by atoms with Gasteiger partial charge in [0, 0.05) is 31.9 Å². The van der Waals surface area contributed by atoms with Crippen LogP contribution in [-0.2, 0) is 27.8 Å². The third-order valence-electron chi connectivity index (χ3n) is 5.68. The molecule has 0 atom stereocenters. The van der Waals surface area contributed by atoms with Crippen LogP contribution in [-0.4, -0.2) is 49.9 Å². The van der Waals surface area contributed by atoms with Crippen molar-refractivity contribution in [2.24, 2.45) is 0 Å². The summed E-state index contributed by atoms with van der Waals surface area (Å²) < 4.78 is 33.6. The quantitative estimate of drug-likeness (QED) is 0.649. The molecule has 0 radical (unpaired) electrons. The molecule has 0 bridgehead atoms. The Morgan fingerprint density at radius 2 is 1.87 bits per heavy atom. The van der Waals surface area contributed by atoms with Crippen LogP contribution in [0.3, 0.4) is 0 Å². The molecule has 168 valence electrons. The predicted molar refractivity (Wildman–Crippen MR) is 119 cm³/mol. The van der Waals surface area contributed by atoms with E-state index < -0.39 is 15.6 Å². The van der Waals surface area contributed by atoms with E-state index in [0.717, 1.165) is 34.2 Å². The van der Waals surface area contributed by atoms with Crippen molar-refractivity contribution in [2.75, 3.05) is 31.6 Å². The van der Waals surface area contributed by atoms with Gasteiger partial charge in [-0.25, -0.2) is 8.42 Å². The lowest BCUT2D eigenvalue weighted by Gasteiger charge is -2.32. The van der Waals surface area contributed by atoms with Crippen LogP contribution in [0.15, 0.2) is 40.2 Å². The van der Waals surface area contributed by atoms with Crippen LogP contribution in [0, 0.1) is 6.92 Å². The number of aryl methyl sites for hydroxylation is 1. The number of carbonyl (C=O) groups is 1. The predicted octanol–water partition coefficient (Wildman–Crippen LogP) is 2.18. The van der Waals surface area contributed by atoms with Crippen molar-refractivity contribution in [3.63, 3.8) is 0 Å². The average Bonchev–Trinajstić information content (AvgIpc) is 2.75. The van der Waals surface area contributed by atoms with Crippen LogP contribution in [0.4, 0.5) is 5.69 Å². The Morgan fingerprint density at radius 1 is 1.16 bits per heavy atom. The van der Waals surface area contributed by atoms with Gasteiger partial charge in [-0.3, -0.25) is 9.59 Å². The molecule has 3 rings (SSSR count). The largest absolute Gasteiger partial charge is 0.495 e. The van der Waals surface area contributed by atoms with Crippen molar-refractivity contribution >= 4 is 21.6 Å². The lowest BCUT2D eigenvalue weighted by atomic mass is 9.96. The van der Waals surface area contributed by atoms with Crippen molar-refractivity contribution in [3.05, 3.63) is 51.9 Å². The van der Waals surface area contributed by atoms with Gasteiger partial charge >= 0.3 is 0 Å². The van der Waals surface area contributed by atoms with Gasteiger partial charge in [0.2, 0.25) is 15.9 Å². The Labute approximate surface area is 183 Å². The van der Waals surface area contributed by atoms with Crippen molar-refractivity contribution in [1.82, 2.24) is 8.87 Å². The number of sulfonamides is 1. The van der Waals surface area contributed by atoms with Gasteiger partial charge in [0.15, 0.2) is 0 Å². The molecule has 0 spiro atoms. The molecule has 1 aliphatic rings. The minimum absolute atomic E-state index is 0.00364. The summed E-state index contributed by atoms with van der Waals surface area (Å²) in [4.78, 5) is 27.3. The molecular weight excluding hydrogens is 418 g/mol. The van der Waals surface area contributed by atoms with Crippen molar-refractivity contribution in [2.45, 2.75) is 45.1 Å². The number of pyridine rings is 1. The summed E-state index contributed by atoms with van der Waals surface area (Å²) in [5.41, 5.74) is 2.45. The number of amides is 1. The second kappa shape index (κ2) is 9.23. The van der Waals surface area contributed by atoms with Crippen LogP contribution in [0.5, 0.6) is 5.75 Å². The highest BCUT2D eigenvalue weighted by atomic mass is 32.2. The summed E-state index contributed by atoms with van der Waals surface area (Å²) in [6.07, 6.45) is 2.91. The number of anilines is 1. The van der Waals surface area contributed by atoms with Crippen LogP contribution < -0.4 is 15.2 Å². The molecule has 0 saturated heterocycles. The van der Waals surface area contributed by atoms with Crippen LogP contribution in [0.1, 0.15) is 31.4 Å². The first-order valence-electron chi connectivity index (χ1n) is 10.4. The molecule has 1 aromatic heterocycles. The zero-order valence-corrected chi connectivity index (χ0v) is 19.2. The number of ether oxygens (including phenoxy) is 1. The van der Waals surface area contributed by atoms with Crippen molar-refractivity contribution in [3.8, 4) is 5.75 Å². The first-order chi connectivity index (χ1) is 14.7. The van der Waals surface area contributed by atoms with E-state index in [-0.39, 0.29) is 17.3 Å².